The Morgan fingerprint density at radius 2 is 2.10 bits per heavy atom. The number of benzene rings is 1. The maximum Gasteiger partial charge on any atom is 0.224 e. The lowest BCUT2D eigenvalue weighted by molar-refractivity contribution is -0.115. The Hall–Kier alpha value is -2.30. The van der Waals surface area contributed by atoms with E-state index in [2.05, 4.69) is 22.7 Å². The molecule has 0 aliphatic carbocycles. The highest BCUT2D eigenvalue weighted by Crippen LogP contribution is 2.21. The van der Waals surface area contributed by atoms with Crippen molar-refractivity contribution in [1.82, 2.24) is 9.78 Å². The van der Waals surface area contributed by atoms with Crippen LogP contribution >= 0.6 is 0 Å². The van der Waals surface area contributed by atoms with Gasteiger partial charge in [-0.3, -0.25) is 9.48 Å². The van der Waals surface area contributed by atoms with E-state index in [1.54, 1.807) is 0 Å². The molecule has 0 radical (unpaired) electrons. The maximum atomic E-state index is 11.5. The first-order chi connectivity index (χ1) is 10.1. The van der Waals surface area contributed by atoms with Crippen molar-refractivity contribution in [3.05, 3.63) is 41.7 Å². The molecule has 0 unspecified atom stereocenters. The lowest BCUT2D eigenvalue weighted by atomic mass is 10.1. The van der Waals surface area contributed by atoms with Gasteiger partial charge in [0.25, 0.3) is 0 Å². The zero-order chi connectivity index (χ0) is 15.2. The standard InChI is InChI=1S/C16H22N4O/c1-4-16(21)19-13-7-6-12(3)15(10-13)17-11-14-8-9-18-20(14)5-2/h6-10,17H,4-5,11H2,1-3H3,(H,19,21). The first-order valence-corrected chi connectivity index (χ1v) is 7.29. The third kappa shape index (κ3) is 3.84. The highest BCUT2D eigenvalue weighted by Gasteiger charge is 2.05. The van der Waals surface area contributed by atoms with Crippen LogP contribution in [0, 0.1) is 6.92 Å². The van der Waals surface area contributed by atoms with Gasteiger partial charge in [0.15, 0.2) is 0 Å². The third-order valence-corrected chi connectivity index (χ3v) is 3.41. The van der Waals surface area contributed by atoms with Crippen LogP contribution < -0.4 is 10.6 Å². The van der Waals surface area contributed by atoms with Crippen molar-refractivity contribution in [2.75, 3.05) is 10.6 Å². The lowest BCUT2D eigenvalue weighted by Crippen LogP contribution is -2.11. The fraction of sp³-hybridized carbons (Fsp3) is 0.375. The summed E-state index contributed by atoms with van der Waals surface area (Å²) < 4.78 is 1.96. The second kappa shape index (κ2) is 6.92. The van der Waals surface area contributed by atoms with E-state index in [4.69, 9.17) is 0 Å². The summed E-state index contributed by atoms with van der Waals surface area (Å²) in [6, 6.07) is 7.90. The highest BCUT2D eigenvalue weighted by molar-refractivity contribution is 5.91. The van der Waals surface area contributed by atoms with Crippen molar-refractivity contribution in [2.24, 2.45) is 0 Å². The molecule has 0 saturated heterocycles. The molecule has 0 atom stereocenters. The van der Waals surface area contributed by atoms with Gasteiger partial charge in [-0.15, -0.1) is 0 Å². The van der Waals surface area contributed by atoms with Gasteiger partial charge in [-0.2, -0.15) is 5.10 Å². The molecule has 0 fully saturated rings. The second-order valence-corrected chi connectivity index (χ2v) is 4.92. The van der Waals surface area contributed by atoms with E-state index in [0.29, 0.717) is 13.0 Å². The van der Waals surface area contributed by atoms with Gasteiger partial charge in [0.05, 0.1) is 12.2 Å². The number of amides is 1. The van der Waals surface area contributed by atoms with E-state index >= 15 is 0 Å². The topological polar surface area (TPSA) is 59.0 Å². The zero-order valence-electron chi connectivity index (χ0n) is 12.8. The predicted molar refractivity (Wildman–Crippen MR) is 85.3 cm³/mol. The Labute approximate surface area is 125 Å². The van der Waals surface area contributed by atoms with Crippen LogP contribution in [0.3, 0.4) is 0 Å². The summed E-state index contributed by atoms with van der Waals surface area (Å²) in [6.45, 7) is 7.53. The van der Waals surface area contributed by atoms with Crippen LogP contribution in [0.25, 0.3) is 0 Å². The van der Waals surface area contributed by atoms with Gasteiger partial charge >= 0.3 is 0 Å². The Kier molecular flexibility index (Phi) is 4.98. The summed E-state index contributed by atoms with van der Waals surface area (Å²) >= 11 is 0. The summed E-state index contributed by atoms with van der Waals surface area (Å²) in [4.78, 5) is 11.5. The first-order valence-electron chi connectivity index (χ1n) is 7.29. The third-order valence-electron chi connectivity index (χ3n) is 3.41. The molecule has 112 valence electrons. The zero-order valence-corrected chi connectivity index (χ0v) is 12.8. The minimum Gasteiger partial charge on any atom is -0.379 e. The molecule has 5 nitrogen and oxygen atoms in total. The number of nitrogens with one attached hydrogen (secondary N) is 2. The molecule has 21 heavy (non-hydrogen) atoms. The van der Waals surface area contributed by atoms with Crippen molar-refractivity contribution in [2.45, 2.75) is 40.3 Å². The normalized spacial score (nSPS) is 10.4. The van der Waals surface area contributed by atoms with Crippen molar-refractivity contribution in [3.63, 3.8) is 0 Å². The molecule has 2 rings (SSSR count). The van der Waals surface area contributed by atoms with E-state index in [1.807, 2.05) is 49.0 Å². The van der Waals surface area contributed by atoms with E-state index in [9.17, 15) is 4.79 Å². The molecule has 1 heterocycles. The molecular weight excluding hydrogens is 264 g/mol. The summed E-state index contributed by atoms with van der Waals surface area (Å²) in [7, 11) is 0. The molecule has 5 heteroatoms. The van der Waals surface area contributed by atoms with Crippen LogP contribution in [0.15, 0.2) is 30.5 Å². The highest BCUT2D eigenvalue weighted by atomic mass is 16.1. The minimum atomic E-state index is 0.0221. The van der Waals surface area contributed by atoms with Crippen LogP contribution in [0.4, 0.5) is 11.4 Å². The smallest absolute Gasteiger partial charge is 0.224 e. The summed E-state index contributed by atoms with van der Waals surface area (Å²) in [5.41, 5.74) is 4.12. The summed E-state index contributed by atoms with van der Waals surface area (Å²) in [5.74, 6) is 0.0221. The van der Waals surface area contributed by atoms with Gasteiger partial charge in [-0.05, 0) is 37.6 Å². The lowest BCUT2D eigenvalue weighted by Gasteiger charge is -2.13. The second-order valence-electron chi connectivity index (χ2n) is 4.92. The Bertz CT molecular complexity index is 618. The Morgan fingerprint density at radius 3 is 2.81 bits per heavy atom. The summed E-state index contributed by atoms with van der Waals surface area (Å²) in [6.07, 6.45) is 2.29. The fourth-order valence-electron chi connectivity index (χ4n) is 2.12. The predicted octanol–water partition coefficient (Wildman–Crippen LogP) is 3.17. The Balaban J connectivity index is 2.08. The molecular formula is C16H22N4O. The molecule has 0 aliphatic rings. The molecule has 0 bridgehead atoms. The SMILES string of the molecule is CCC(=O)Nc1ccc(C)c(NCc2ccnn2CC)c1. The molecule has 0 saturated carbocycles. The molecule has 2 N–H and O–H groups in total. The number of aromatic nitrogens is 2. The number of nitrogens with zero attached hydrogens (tertiary/aromatic N) is 2. The van der Waals surface area contributed by atoms with E-state index in [1.165, 1.54) is 0 Å². The van der Waals surface area contributed by atoms with Crippen molar-refractivity contribution in [3.8, 4) is 0 Å². The monoisotopic (exact) mass is 286 g/mol. The van der Waals surface area contributed by atoms with E-state index in [0.717, 1.165) is 29.2 Å². The van der Waals surface area contributed by atoms with Crippen molar-refractivity contribution in [1.29, 1.82) is 0 Å². The van der Waals surface area contributed by atoms with Gasteiger partial charge in [-0.25, -0.2) is 0 Å². The number of carbonyl (C=O) groups is 1. The number of rotatable bonds is 6. The van der Waals surface area contributed by atoms with Crippen LogP contribution in [0.2, 0.25) is 0 Å². The Morgan fingerprint density at radius 1 is 1.29 bits per heavy atom. The quantitative estimate of drug-likeness (QED) is 0.857. The number of anilines is 2. The molecule has 1 aromatic carbocycles. The van der Waals surface area contributed by atoms with Crippen LogP contribution in [0.5, 0.6) is 0 Å². The van der Waals surface area contributed by atoms with Gasteiger partial charge in [-0.1, -0.05) is 13.0 Å². The largest absolute Gasteiger partial charge is 0.379 e. The average Bonchev–Trinajstić information content (AvgIpc) is 2.95. The number of carbonyl (C=O) groups excluding carboxylic acids is 1. The van der Waals surface area contributed by atoms with Crippen LogP contribution in [0.1, 0.15) is 31.5 Å². The van der Waals surface area contributed by atoms with Crippen LogP contribution in [-0.4, -0.2) is 15.7 Å². The van der Waals surface area contributed by atoms with Gasteiger partial charge in [0.2, 0.25) is 5.91 Å². The molecule has 1 aromatic heterocycles. The van der Waals surface area contributed by atoms with Gasteiger partial charge < -0.3 is 10.6 Å². The summed E-state index contributed by atoms with van der Waals surface area (Å²) in [5, 5.41) is 10.5. The van der Waals surface area contributed by atoms with E-state index in [-0.39, 0.29) is 5.91 Å². The van der Waals surface area contributed by atoms with Crippen molar-refractivity contribution >= 4 is 17.3 Å². The van der Waals surface area contributed by atoms with Gasteiger partial charge in [0, 0.05) is 30.5 Å². The number of hydrogen-bond acceptors (Lipinski definition) is 3. The number of aryl methyl sites for hydroxylation is 2. The first kappa shape index (κ1) is 15.1. The molecule has 0 spiro atoms. The van der Waals surface area contributed by atoms with E-state index < -0.39 is 0 Å². The van der Waals surface area contributed by atoms with Crippen LogP contribution in [-0.2, 0) is 17.9 Å². The molecule has 1 amide bonds. The molecule has 0 aliphatic heterocycles. The maximum absolute atomic E-state index is 11.5. The van der Waals surface area contributed by atoms with Gasteiger partial charge in [0.1, 0.15) is 0 Å². The fourth-order valence-corrected chi connectivity index (χ4v) is 2.12. The minimum absolute atomic E-state index is 0.0221. The average molecular weight is 286 g/mol. The van der Waals surface area contributed by atoms with Crippen molar-refractivity contribution < 1.29 is 4.79 Å². The number of hydrogen-bond donors (Lipinski definition) is 2. The molecule has 2 aromatic rings.